The van der Waals surface area contributed by atoms with E-state index in [2.05, 4.69) is 40.7 Å². The van der Waals surface area contributed by atoms with Crippen LogP contribution < -0.4 is 15.4 Å². The van der Waals surface area contributed by atoms with E-state index in [0.717, 1.165) is 49.9 Å². The first-order valence-corrected chi connectivity index (χ1v) is 8.94. The molecule has 0 saturated heterocycles. The standard InChI is InChI=1S/C19H33N3O3/c1-5-24-12-6-10-21-19(20-3)22-15-17-9-8-16(2)14-18(17)25-13-7-11-23-4/h8-9,14H,5-7,10-13,15H2,1-4H3,(H2,20,21,22). The Hall–Kier alpha value is -1.79. The predicted octanol–water partition coefficient (Wildman–Crippen LogP) is 2.50. The predicted molar refractivity (Wildman–Crippen MR) is 102 cm³/mol. The maximum Gasteiger partial charge on any atom is 0.191 e. The fourth-order valence-electron chi connectivity index (χ4n) is 2.25. The Kier molecular flexibility index (Phi) is 11.5. The molecule has 0 fully saturated rings. The van der Waals surface area contributed by atoms with E-state index in [1.165, 1.54) is 5.56 Å². The van der Waals surface area contributed by atoms with Crippen molar-refractivity contribution in [3.05, 3.63) is 29.3 Å². The molecule has 0 atom stereocenters. The average Bonchev–Trinajstić information content (AvgIpc) is 2.62. The monoisotopic (exact) mass is 351 g/mol. The summed E-state index contributed by atoms with van der Waals surface area (Å²) in [4.78, 5) is 4.25. The van der Waals surface area contributed by atoms with Gasteiger partial charge in [0.1, 0.15) is 5.75 Å². The third-order valence-electron chi connectivity index (χ3n) is 3.60. The van der Waals surface area contributed by atoms with Gasteiger partial charge in [-0.2, -0.15) is 0 Å². The molecule has 0 amide bonds. The topological polar surface area (TPSA) is 64.1 Å². The van der Waals surface area contributed by atoms with Gasteiger partial charge in [-0.1, -0.05) is 12.1 Å². The Morgan fingerprint density at radius 3 is 2.68 bits per heavy atom. The molecule has 1 rings (SSSR count). The lowest BCUT2D eigenvalue weighted by atomic mass is 10.1. The number of hydrogen-bond donors (Lipinski definition) is 2. The minimum Gasteiger partial charge on any atom is -0.493 e. The van der Waals surface area contributed by atoms with Gasteiger partial charge in [0.05, 0.1) is 6.61 Å². The maximum atomic E-state index is 5.91. The van der Waals surface area contributed by atoms with Crippen molar-refractivity contribution >= 4 is 5.96 Å². The Bertz CT molecular complexity index is 507. The normalized spacial score (nSPS) is 11.4. The van der Waals surface area contributed by atoms with Crippen molar-refractivity contribution in [2.45, 2.75) is 33.2 Å². The van der Waals surface area contributed by atoms with Crippen molar-refractivity contribution in [1.82, 2.24) is 10.6 Å². The highest BCUT2D eigenvalue weighted by molar-refractivity contribution is 5.79. The van der Waals surface area contributed by atoms with Crippen LogP contribution >= 0.6 is 0 Å². The molecule has 6 nitrogen and oxygen atoms in total. The highest BCUT2D eigenvalue weighted by Gasteiger charge is 2.06. The quantitative estimate of drug-likeness (QED) is 0.344. The number of hydrogen-bond acceptors (Lipinski definition) is 4. The summed E-state index contributed by atoms with van der Waals surface area (Å²) in [6.07, 6.45) is 1.83. The second kappa shape index (κ2) is 13.5. The maximum absolute atomic E-state index is 5.91. The summed E-state index contributed by atoms with van der Waals surface area (Å²) in [7, 11) is 3.48. The van der Waals surface area contributed by atoms with Crippen LogP contribution in [0.4, 0.5) is 0 Å². The molecule has 142 valence electrons. The van der Waals surface area contributed by atoms with Crippen molar-refractivity contribution in [2.75, 3.05) is 47.1 Å². The lowest BCUT2D eigenvalue weighted by Crippen LogP contribution is -2.37. The molecule has 0 aliphatic carbocycles. The number of aryl methyl sites for hydroxylation is 1. The number of rotatable bonds is 12. The molecule has 0 bridgehead atoms. The molecule has 0 aromatic heterocycles. The van der Waals surface area contributed by atoms with Crippen LogP contribution in [0.25, 0.3) is 0 Å². The van der Waals surface area contributed by atoms with E-state index >= 15 is 0 Å². The third-order valence-corrected chi connectivity index (χ3v) is 3.60. The van der Waals surface area contributed by atoms with Crippen LogP contribution in [0.5, 0.6) is 5.75 Å². The largest absolute Gasteiger partial charge is 0.493 e. The van der Waals surface area contributed by atoms with E-state index in [9.17, 15) is 0 Å². The zero-order valence-electron chi connectivity index (χ0n) is 16.1. The molecule has 6 heteroatoms. The number of benzene rings is 1. The molecule has 0 spiro atoms. The van der Waals surface area contributed by atoms with Crippen LogP contribution in [0.3, 0.4) is 0 Å². The van der Waals surface area contributed by atoms with Crippen molar-refractivity contribution in [3.63, 3.8) is 0 Å². The van der Waals surface area contributed by atoms with Crippen LogP contribution in [0.1, 0.15) is 30.9 Å². The van der Waals surface area contributed by atoms with Gasteiger partial charge < -0.3 is 24.8 Å². The number of nitrogens with zero attached hydrogens (tertiary/aromatic N) is 1. The van der Waals surface area contributed by atoms with E-state index in [4.69, 9.17) is 14.2 Å². The minimum atomic E-state index is 0.648. The SMILES string of the molecule is CCOCCCNC(=NC)NCc1ccc(C)cc1OCCCOC. The lowest BCUT2D eigenvalue weighted by molar-refractivity contribution is 0.145. The molecular formula is C19H33N3O3. The summed E-state index contributed by atoms with van der Waals surface area (Å²) < 4.78 is 16.3. The highest BCUT2D eigenvalue weighted by atomic mass is 16.5. The van der Waals surface area contributed by atoms with Gasteiger partial charge in [0.15, 0.2) is 5.96 Å². The van der Waals surface area contributed by atoms with Crippen molar-refractivity contribution in [2.24, 2.45) is 4.99 Å². The summed E-state index contributed by atoms with van der Waals surface area (Å²) in [5, 5.41) is 6.62. The van der Waals surface area contributed by atoms with Gasteiger partial charge in [-0.3, -0.25) is 4.99 Å². The van der Waals surface area contributed by atoms with E-state index in [0.29, 0.717) is 19.8 Å². The highest BCUT2D eigenvalue weighted by Crippen LogP contribution is 2.20. The van der Waals surface area contributed by atoms with Crippen LogP contribution in [0.2, 0.25) is 0 Å². The van der Waals surface area contributed by atoms with Gasteiger partial charge >= 0.3 is 0 Å². The summed E-state index contributed by atoms with van der Waals surface area (Å²) >= 11 is 0. The Balaban J connectivity index is 2.48. The van der Waals surface area contributed by atoms with E-state index in [-0.39, 0.29) is 0 Å². The summed E-state index contributed by atoms with van der Waals surface area (Å²) in [6.45, 7) is 8.43. The van der Waals surface area contributed by atoms with Crippen LogP contribution in [-0.2, 0) is 16.0 Å². The zero-order valence-corrected chi connectivity index (χ0v) is 16.1. The molecule has 0 aliphatic rings. The minimum absolute atomic E-state index is 0.648. The number of methoxy groups -OCH3 is 1. The molecule has 0 unspecified atom stereocenters. The first-order valence-electron chi connectivity index (χ1n) is 8.94. The molecule has 1 aromatic carbocycles. The fraction of sp³-hybridized carbons (Fsp3) is 0.632. The van der Waals surface area contributed by atoms with E-state index < -0.39 is 0 Å². The number of ether oxygens (including phenoxy) is 3. The molecular weight excluding hydrogens is 318 g/mol. The Labute approximate surface area is 152 Å². The van der Waals surface area contributed by atoms with Crippen LogP contribution in [0.15, 0.2) is 23.2 Å². The molecule has 1 aromatic rings. The van der Waals surface area contributed by atoms with E-state index in [1.54, 1.807) is 14.2 Å². The van der Waals surface area contributed by atoms with Crippen molar-refractivity contribution < 1.29 is 14.2 Å². The number of guanidine groups is 1. The molecule has 0 radical (unpaired) electrons. The van der Waals surface area contributed by atoms with Crippen LogP contribution in [0, 0.1) is 6.92 Å². The number of nitrogens with one attached hydrogen (secondary N) is 2. The first-order chi connectivity index (χ1) is 12.2. The summed E-state index contributed by atoms with van der Waals surface area (Å²) in [6, 6.07) is 6.26. The van der Waals surface area contributed by atoms with Crippen LogP contribution in [-0.4, -0.2) is 53.1 Å². The van der Waals surface area contributed by atoms with Gasteiger partial charge in [0.25, 0.3) is 0 Å². The first kappa shape index (κ1) is 21.3. The molecule has 0 saturated carbocycles. The van der Waals surface area contributed by atoms with Crippen molar-refractivity contribution in [3.8, 4) is 5.75 Å². The molecule has 0 aliphatic heterocycles. The molecule has 0 heterocycles. The average molecular weight is 351 g/mol. The third kappa shape index (κ3) is 9.31. The van der Waals surface area contributed by atoms with Gasteiger partial charge in [-0.15, -0.1) is 0 Å². The molecule has 25 heavy (non-hydrogen) atoms. The molecule has 2 N–H and O–H groups in total. The van der Waals surface area contributed by atoms with Gasteiger partial charge in [0, 0.05) is 59.1 Å². The van der Waals surface area contributed by atoms with Gasteiger partial charge in [-0.25, -0.2) is 0 Å². The van der Waals surface area contributed by atoms with Gasteiger partial charge in [0.2, 0.25) is 0 Å². The fourth-order valence-corrected chi connectivity index (χ4v) is 2.25. The zero-order chi connectivity index (χ0) is 18.3. The number of aliphatic imine (C=N–C) groups is 1. The Morgan fingerprint density at radius 1 is 1.12 bits per heavy atom. The second-order valence-electron chi connectivity index (χ2n) is 5.71. The smallest absolute Gasteiger partial charge is 0.191 e. The second-order valence-corrected chi connectivity index (χ2v) is 5.71. The summed E-state index contributed by atoms with van der Waals surface area (Å²) in [5.41, 5.74) is 2.30. The summed E-state index contributed by atoms with van der Waals surface area (Å²) in [5.74, 6) is 1.69. The van der Waals surface area contributed by atoms with Gasteiger partial charge in [-0.05, 0) is 31.9 Å². The van der Waals surface area contributed by atoms with Crippen molar-refractivity contribution in [1.29, 1.82) is 0 Å². The Morgan fingerprint density at radius 2 is 1.96 bits per heavy atom. The van der Waals surface area contributed by atoms with E-state index in [1.807, 2.05) is 6.92 Å². The lowest BCUT2D eigenvalue weighted by Gasteiger charge is -2.15.